The van der Waals surface area contributed by atoms with Gasteiger partial charge in [-0.25, -0.2) is 9.37 Å². The number of carbonyl (C=O) groups excluding carboxylic acids is 1. The third-order valence-corrected chi connectivity index (χ3v) is 6.30. The first-order chi connectivity index (χ1) is 5.17. The van der Waals surface area contributed by atoms with Gasteiger partial charge in [-0.05, 0) is 18.1 Å². The van der Waals surface area contributed by atoms with Gasteiger partial charge in [0.25, 0.3) is 8.32 Å². The molecule has 0 aromatic heterocycles. The molecule has 0 aromatic carbocycles. The fraction of sp³-hybridized carbons (Fsp3) is 0.857. The maximum absolute atomic E-state index is 10.3. The highest BCUT2D eigenvalue weighted by atomic mass is 35.5. The summed E-state index contributed by atoms with van der Waals surface area (Å²) >= 11 is 4.97. The van der Waals surface area contributed by atoms with E-state index in [2.05, 4.69) is 4.89 Å². The lowest BCUT2D eigenvalue weighted by Crippen LogP contribution is -2.40. The van der Waals surface area contributed by atoms with Crippen LogP contribution in [0.15, 0.2) is 0 Å². The van der Waals surface area contributed by atoms with Gasteiger partial charge in [0.15, 0.2) is 0 Å². The minimum atomic E-state index is -2.00. The molecule has 0 atom stereocenters. The lowest BCUT2D eigenvalue weighted by atomic mass is 10.2. The van der Waals surface area contributed by atoms with Gasteiger partial charge in [-0.3, -0.25) is 4.89 Å². The van der Waals surface area contributed by atoms with Crippen molar-refractivity contribution in [2.75, 3.05) is 0 Å². The minimum absolute atomic E-state index is 0.0132. The van der Waals surface area contributed by atoms with Gasteiger partial charge in [-0.15, -0.1) is 0 Å². The van der Waals surface area contributed by atoms with Crippen LogP contribution in [0.3, 0.4) is 0 Å². The fourth-order valence-electron chi connectivity index (χ4n) is 0.262. The summed E-state index contributed by atoms with van der Waals surface area (Å²) in [5.41, 5.74) is -0.917. The third kappa shape index (κ3) is 3.56. The molecule has 0 spiro atoms. The average Bonchev–Trinajstić information content (AvgIpc) is 1.81. The molecule has 0 fully saturated rings. The van der Waals surface area contributed by atoms with Crippen molar-refractivity contribution < 1.29 is 14.3 Å². The first kappa shape index (κ1) is 11.9. The van der Waals surface area contributed by atoms with E-state index in [1.165, 1.54) is 0 Å². The van der Waals surface area contributed by atoms with Crippen LogP contribution >= 0.6 is 11.6 Å². The van der Waals surface area contributed by atoms with Crippen LogP contribution in [0.4, 0.5) is 4.79 Å². The Morgan fingerprint density at radius 3 is 2.00 bits per heavy atom. The number of carbonyl (C=O) groups is 1. The zero-order valence-electron chi connectivity index (χ0n) is 8.10. The van der Waals surface area contributed by atoms with Crippen molar-refractivity contribution in [2.24, 2.45) is 0 Å². The topological polar surface area (TPSA) is 35.5 Å². The average molecular weight is 211 g/mol. The Hall–Kier alpha value is -0.0631. The smallest absolute Gasteiger partial charge is 0.292 e. The fourth-order valence-corrected chi connectivity index (χ4v) is 0.880. The summed E-state index contributed by atoms with van der Waals surface area (Å²) in [4.78, 5) is 14.6. The molecular weight excluding hydrogens is 196 g/mol. The maximum atomic E-state index is 10.3. The van der Waals surface area contributed by atoms with E-state index in [9.17, 15) is 4.79 Å². The molecule has 12 heavy (non-hydrogen) atoms. The molecule has 0 aromatic rings. The summed E-state index contributed by atoms with van der Waals surface area (Å²) in [6.07, 6.45) is 0. The summed E-state index contributed by atoms with van der Waals surface area (Å²) in [6, 6.07) is 0. The molecule has 0 aliphatic carbocycles. The standard InChI is InChI=1S/C7H15ClO3Si/c1-7(2,3)12(4,5)11-10-6(8)9/h1-5H3. The van der Waals surface area contributed by atoms with Crippen molar-refractivity contribution in [3.8, 4) is 0 Å². The molecule has 0 unspecified atom stereocenters. The first-order valence-electron chi connectivity index (χ1n) is 3.72. The van der Waals surface area contributed by atoms with E-state index in [4.69, 9.17) is 16.2 Å². The Labute approximate surface area is 79.1 Å². The summed E-state index contributed by atoms with van der Waals surface area (Å²) in [7, 11) is -2.00. The van der Waals surface area contributed by atoms with Crippen molar-refractivity contribution in [3.05, 3.63) is 0 Å². The Balaban J connectivity index is 4.14. The predicted molar refractivity (Wildman–Crippen MR) is 50.6 cm³/mol. The third-order valence-electron chi connectivity index (χ3n) is 2.12. The molecule has 0 saturated heterocycles. The highest BCUT2D eigenvalue weighted by Crippen LogP contribution is 2.36. The van der Waals surface area contributed by atoms with E-state index < -0.39 is 13.7 Å². The van der Waals surface area contributed by atoms with Crippen LogP contribution in [0.2, 0.25) is 18.1 Å². The van der Waals surface area contributed by atoms with E-state index >= 15 is 0 Å². The second-order valence-electron chi connectivity index (χ2n) is 4.16. The number of halogens is 1. The van der Waals surface area contributed by atoms with Gasteiger partial charge in [0.2, 0.25) is 0 Å². The highest BCUT2D eigenvalue weighted by molar-refractivity contribution is 6.74. The molecule has 0 aliphatic heterocycles. The molecule has 5 heteroatoms. The lowest BCUT2D eigenvalue weighted by Gasteiger charge is -2.32. The van der Waals surface area contributed by atoms with E-state index in [1.54, 1.807) is 0 Å². The SMILES string of the molecule is CC(C)(C)[Si](C)(C)OOC(=O)Cl. The molecule has 0 radical (unpaired) electrons. The Morgan fingerprint density at radius 2 is 1.75 bits per heavy atom. The van der Waals surface area contributed by atoms with Gasteiger partial charge >= 0.3 is 5.43 Å². The number of hydrogen-bond donors (Lipinski definition) is 0. The van der Waals surface area contributed by atoms with Gasteiger partial charge in [0.05, 0.1) is 0 Å². The lowest BCUT2D eigenvalue weighted by molar-refractivity contribution is -0.146. The van der Waals surface area contributed by atoms with Crippen LogP contribution in [-0.4, -0.2) is 13.7 Å². The van der Waals surface area contributed by atoms with Gasteiger partial charge in [0, 0.05) is 11.6 Å². The molecule has 0 rings (SSSR count). The predicted octanol–water partition coefficient (Wildman–Crippen LogP) is 3.30. The van der Waals surface area contributed by atoms with E-state index in [0.29, 0.717) is 0 Å². The van der Waals surface area contributed by atoms with Gasteiger partial charge < -0.3 is 0 Å². The van der Waals surface area contributed by atoms with E-state index in [-0.39, 0.29) is 5.04 Å². The van der Waals surface area contributed by atoms with Crippen LogP contribution in [0.5, 0.6) is 0 Å². The monoisotopic (exact) mass is 210 g/mol. The molecular formula is C7H15ClO3Si. The largest absolute Gasteiger partial charge is 0.433 e. The maximum Gasteiger partial charge on any atom is 0.433 e. The molecule has 3 nitrogen and oxygen atoms in total. The highest BCUT2D eigenvalue weighted by Gasteiger charge is 2.40. The summed E-state index contributed by atoms with van der Waals surface area (Å²) in [6.45, 7) is 10.1. The van der Waals surface area contributed by atoms with Crippen molar-refractivity contribution in [3.63, 3.8) is 0 Å². The quantitative estimate of drug-likeness (QED) is 0.304. The molecule has 0 heterocycles. The molecule has 0 N–H and O–H groups in total. The summed E-state index contributed by atoms with van der Waals surface area (Å²) < 4.78 is 5.01. The van der Waals surface area contributed by atoms with E-state index in [1.807, 2.05) is 33.9 Å². The van der Waals surface area contributed by atoms with Crippen LogP contribution < -0.4 is 0 Å². The van der Waals surface area contributed by atoms with Gasteiger partial charge in [0.1, 0.15) is 0 Å². The van der Waals surface area contributed by atoms with Crippen molar-refractivity contribution in [2.45, 2.75) is 38.9 Å². The number of hydrogen-bond acceptors (Lipinski definition) is 3. The number of rotatable bonds is 2. The molecule has 72 valence electrons. The molecule has 0 bridgehead atoms. The Bertz CT molecular complexity index is 174. The van der Waals surface area contributed by atoms with Crippen LogP contribution in [0.25, 0.3) is 0 Å². The van der Waals surface area contributed by atoms with Crippen molar-refractivity contribution >= 4 is 25.3 Å². The van der Waals surface area contributed by atoms with Crippen molar-refractivity contribution in [1.82, 2.24) is 0 Å². The van der Waals surface area contributed by atoms with Crippen LogP contribution in [0.1, 0.15) is 20.8 Å². The second kappa shape index (κ2) is 3.76. The molecule has 0 amide bonds. The van der Waals surface area contributed by atoms with E-state index in [0.717, 1.165) is 0 Å². The Morgan fingerprint density at radius 1 is 1.33 bits per heavy atom. The van der Waals surface area contributed by atoms with Crippen LogP contribution in [-0.2, 0) is 9.46 Å². The van der Waals surface area contributed by atoms with Gasteiger partial charge in [-0.1, -0.05) is 20.8 Å². The Kier molecular flexibility index (Phi) is 3.74. The summed E-state index contributed by atoms with van der Waals surface area (Å²) in [5.74, 6) is 0. The zero-order chi connectivity index (χ0) is 9.99. The zero-order valence-corrected chi connectivity index (χ0v) is 9.86. The van der Waals surface area contributed by atoms with Crippen molar-refractivity contribution in [1.29, 1.82) is 0 Å². The minimum Gasteiger partial charge on any atom is -0.292 e. The first-order valence-corrected chi connectivity index (χ1v) is 7.00. The second-order valence-corrected chi connectivity index (χ2v) is 9.16. The molecule has 0 aliphatic rings. The van der Waals surface area contributed by atoms with Gasteiger partial charge in [-0.2, -0.15) is 0 Å². The normalized spacial score (nSPS) is 12.8. The summed E-state index contributed by atoms with van der Waals surface area (Å²) in [5, 5.41) is 0.0132. The molecule has 0 saturated carbocycles. The van der Waals surface area contributed by atoms with Crippen LogP contribution in [0, 0.1) is 0 Å².